The zero-order valence-corrected chi connectivity index (χ0v) is 12.9. The van der Waals surface area contributed by atoms with E-state index in [0.717, 1.165) is 31.6 Å². The molecule has 4 heteroatoms. The lowest BCUT2D eigenvalue weighted by Crippen LogP contribution is -2.35. The van der Waals surface area contributed by atoms with Gasteiger partial charge in [0.2, 0.25) is 0 Å². The van der Waals surface area contributed by atoms with Crippen LogP contribution >= 0.6 is 0 Å². The molecule has 2 N–H and O–H groups in total. The summed E-state index contributed by atoms with van der Waals surface area (Å²) in [5, 5.41) is 4.47. The average Bonchev–Trinajstić information content (AvgIpc) is 2.70. The number of rotatable bonds is 3. The zero-order chi connectivity index (χ0) is 14.8. The third kappa shape index (κ3) is 2.87. The molecule has 1 aliphatic heterocycles. The van der Waals surface area contributed by atoms with Crippen molar-refractivity contribution in [1.29, 1.82) is 0 Å². The molecule has 0 spiro atoms. The lowest BCUT2D eigenvalue weighted by molar-refractivity contribution is 0.211. The number of aryl methyl sites for hydroxylation is 2. The Hall–Kier alpha value is -1.65. The molecule has 0 radical (unpaired) electrons. The summed E-state index contributed by atoms with van der Waals surface area (Å²) in [6, 6.07) is 9.06. The molecule has 0 saturated carbocycles. The fourth-order valence-corrected chi connectivity index (χ4v) is 3.41. The van der Waals surface area contributed by atoms with E-state index in [1.807, 2.05) is 11.7 Å². The van der Waals surface area contributed by atoms with Crippen molar-refractivity contribution in [2.75, 3.05) is 19.6 Å². The molecule has 1 atom stereocenters. The van der Waals surface area contributed by atoms with E-state index in [9.17, 15) is 0 Å². The molecular formula is C17H24N4. The maximum Gasteiger partial charge on any atom is 0.0641 e. The molecule has 1 aromatic heterocycles. The van der Waals surface area contributed by atoms with Crippen LogP contribution in [0.3, 0.4) is 0 Å². The van der Waals surface area contributed by atoms with Gasteiger partial charge in [-0.3, -0.25) is 9.58 Å². The second kappa shape index (κ2) is 6.00. The fourth-order valence-electron chi connectivity index (χ4n) is 3.41. The van der Waals surface area contributed by atoms with Crippen LogP contribution < -0.4 is 5.73 Å². The molecular weight excluding hydrogens is 260 g/mol. The van der Waals surface area contributed by atoms with Crippen LogP contribution in [0.25, 0.3) is 0 Å². The van der Waals surface area contributed by atoms with Gasteiger partial charge in [-0.25, -0.2) is 0 Å². The number of aromatic nitrogens is 2. The van der Waals surface area contributed by atoms with Crippen molar-refractivity contribution in [1.82, 2.24) is 14.7 Å². The van der Waals surface area contributed by atoms with Gasteiger partial charge < -0.3 is 5.73 Å². The van der Waals surface area contributed by atoms with E-state index in [2.05, 4.69) is 47.4 Å². The highest BCUT2D eigenvalue weighted by Gasteiger charge is 2.24. The monoisotopic (exact) mass is 284 g/mol. The minimum Gasteiger partial charge on any atom is -0.329 e. The van der Waals surface area contributed by atoms with Gasteiger partial charge in [0.05, 0.1) is 11.7 Å². The minimum absolute atomic E-state index is 0.271. The molecule has 0 amide bonds. The Labute approximate surface area is 126 Å². The van der Waals surface area contributed by atoms with E-state index in [4.69, 9.17) is 5.73 Å². The summed E-state index contributed by atoms with van der Waals surface area (Å²) in [5.74, 6) is 0. The first kappa shape index (κ1) is 14.3. The topological polar surface area (TPSA) is 47.1 Å². The van der Waals surface area contributed by atoms with E-state index in [0.29, 0.717) is 6.54 Å². The Morgan fingerprint density at radius 1 is 1.19 bits per heavy atom. The first-order valence-corrected chi connectivity index (χ1v) is 7.70. The molecule has 2 aromatic rings. The summed E-state index contributed by atoms with van der Waals surface area (Å²) in [4.78, 5) is 2.52. The smallest absolute Gasteiger partial charge is 0.0641 e. The number of fused-ring (bicyclic) bond motifs is 1. The highest BCUT2D eigenvalue weighted by molar-refractivity contribution is 5.29. The van der Waals surface area contributed by atoms with Gasteiger partial charge in [-0.05, 0) is 30.9 Å². The Bertz CT molecular complexity index is 590. The van der Waals surface area contributed by atoms with Crippen LogP contribution in [-0.4, -0.2) is 34.3 Å². The van der Waals surface area contributed by atoms with Crippen molar-refractivity contribution in [3.63, 3.8) is 0 Å². The lowest BCUT2D eigenvalue weighted by Gasteiger charge is -2.29. The molecule has 0 saturated heterocycles. The van der Waals surface area contributed by atoms with E-state index >= 15 is 0 Å². The minimum atomic E-state index is 0.271. The third-order valence-corrected chi connectivity index (χ3v) is 4.53. The lowest BCUT2D eigenvalue weighted by atomic mass is 10.0. The van der Waals surface area contributed by atoms with Crippen molar-refractivity contribution < 1.29 is 0 Å². The Morgan fingerprint density at radius 2 is 1.81 bits per heavy atom. The average molecular weight is 284 g/mol. The number of hydrogen-bond acceptors (Lipinski definition) is 3. The largest absolute Gasteiger partial charge is 0.329 e. The Balaban J connectivity index is 1.82. The van der Waals surface area contributed by atoms with Crippen LogP contribution in [0.5, 0.6) is 0 Å². The number of hydrogen-bond donors (Lipinski definition) is 1. The molecule has 4 nitrogen and oxygen atoms in total. The molecule has 0 fully saturated rings. The summed E-state index contributed by atoms with van der Waals surface area (Å²) >= 11 is 0. The van der Waals surface area contributed by atoms with Crippen LogP contribution in [-0.2, 0) is 19.9 Å². The van der Waals surface area contributed by atoms with Crippen molar-refractivity contribution >= 4 is 0 Å². The van der Waals surface area contributed by atoms with Crippen molar-refractivity contribution in [3.8, 4) is 0 Å². The molecule has 1 aromatic carbocycles. The highest BCUT2D eigenvalue weighted by atomic mass is 15.3. The van der Waals surface area contributed by atoms with Gasteiger partial charge in [-0.15, -0.1) is 0 Å². The van der Waals surface area contributed by atoms with Gasteiger partial charge >= 0.3 is 0 Å². The highest BCUT2D eigenvalue weighted by Crippen LogP contribution is 2.25. The second-order valence-corrected chi connectivity index (χ2v) is 5.90. The van der Waals surface area contributed by atoms with Crippen LogP contribution in [0.2, 0.25) is 0 Å². The summed E-state index contributed by atoms with van der Waals surface area (Å²) in [6.07, 6.45) is 4.32. The molecule has 21 heavy (non-hydrogen) atoms. The van der Waals surface area contributed by atoms with Crippen molar-refractivity contribution in [2.45, 2.75) is 25.8 Å². The van der Waals surface area contributed by atoms with Crippen molar-refractivity contribution in [2.24, 2.45) is 12.8 Å². The van der Waals surface area contributed by atoms with Gasteiger partial charge in [0.15, 0.2) is 0 Å². The molecule has 1 unspecified atom stereocenters. The first-order valence-electron chi connectivity index (χ1n) is 7.70. The summed E-state index contributed by atoms with van der Waals surface area (Å²) < 4.78 is 1.89. The maximum atomic E-state index is 6.09. The van der Waals surface area contributed by atoms with Crippen molar-refractivity contribution in [3.05, 3.63) is 52.8 Å². The molecule has 0 aliphatic carbocycles. The maximum absolute atomic E-state index is 6.09. The van der Waals surface area contributed by atoms with E-state index < -0.39 is 0 Å². The molecule has 1 aliphatic rings. The third-order valence-electron chi connectivity index (χ3n) is 4.53. The zero-order valence-electron chi connectivity index (χ0n) is 12.9. The van der Waals surface area contributed by atoms with Crippen LogP contribution in [0.15, 0.2) is 30.5 Å². The quantitative estimate of drug-likeness (QED) is 0.935. The van der Waals surface area contributed by atoms with Gasteiger partial charge in [0.25, 0.3) is 0 Å². The predicted molar refractivity (Wildman–Crippen MR) is 85.2 cm³/mol. The first-order chi connectivity index (χ1) is 10.2. The molecule has 2 heterocycles. The second-order valence-electron chi connectivity index (χ2n) is 5.90. The van der Waals surface area contributed by atoms with Crippen LogP contribution in [0.1, 0.15) is 28.4 Å². The SMILES string of the molecule is Cc1nn(C)cc1C(CN)N1CCc2ccccc2CC1. The number of nitrogens with two attached hydrogens (primary N) is 1. The summed E-state index contributed by atoms with van der Waals surface area (Å²) in [7, 11) is 1.97. The Morgan fingerprint density at radius 3 is 2.29 bits per heavy atom. The van der Waals surface area contributed by atoms with Gasteiger partial charge in [0.1, 0.15) is 0 Å². The summed E-state index contributed by atoms with van der Waals surface area (Å²) in [5.41, 5.74) is 11.4. The van der Waals surface area contributed by atoms with E-state index in [-0.39, 0.29) is 6.04 Å². The standard InChI is InChI=1S/C17H24N4/c1-13-16(12-20(2)19-13)17(11-18)21-9-7-14-5-3-4-6-15(14)8-10-21/h3-6,12,17H,7-11,18H2,1-2H3. The normalized spacial score (nSPS) is 17.3. The van der Waals surface area contributed by atoms with E-state index in [1.165, 1.54) is 16.7 Å². The van der Waals surface area contributed by atoms with E-state index in [1.54, 1.807) is 0 Å². The fraction of sp³-hybridized carbons (Fsp3) is 0.471. The van der Waals surface area contributed by atoms with Gasteiger partial charge in [0, 0.05) is 38.4 Å². The van der Waals surface area contributed by atoms with Gasteiger partial charge in [-0.1, -0.05) is 24.3 Å². The molecule has 0 bridgehead atoms. The summed E-state index contributed by atoms with van der Waals surface area (Å²) in [6.45, 7) is 4.84. The van der Waals surface area contributed by atoms with Crippen LogP contribution in [0.4, 0.5) is 0 Å². The Kier molecular flexibility index (Phi) is 4.08. The number of nitrogens with zero attached hydrogens (tertiary/aromatic N) is 3. The molecule has 3 rings (SSSR count). The number of benzene rings is 1. The van der Waals surface area contributed by atoms with Gasteiger partial charge in [-0.2, -0.15) is 5.10 Å². The predicted octanol–water partition coefficient (Wildman–Crippen LogP) is 1.83. The van der Waals surface area contributed by atoms with Crippen LogP contribution in [0, 0.1) is 6.92 Å². The molecule has 112 valence electrons.